The molecule has 4 heterocycles. The van der Waals surface area contributed by atoms with E-state index in [9.17, 15) is 14.7 Å². The van der Waals surface area contributed by atoms with E-state index in [0.717, 1.165) is 28.2 Å². The molecule has 3 aromatic rings. The maximum absolute atomic E-state index is 13.0. The summed E-state index contributed by atoms with van der Waals surface area (Å²) in [5.41, 5.74) is 2.43. The predicted octanol–water partition coefficient (Wildman–Crippen LogP) is 3.70. The molecule has 0 saturated carbocycles. The molecular weight excluding hydrogens is 400 g/mol. The van der Waals surface area contributed by atoms with Crippen LogP contribution in [0.5, 0.6) is 5.75 Å². The number of aliphatic hydroxyl groups excluding tert-OH is 1. The van der Waals surface area contributed by atoms with Gasteiger partial charge in [-0.1, -0.05) is 12.1 Å². The number of hydrogen-bond donors (Lipinski definition) is 1. The van der Waals surface area contributed by atoms with Gasteiger partial charge in [-0.2, -0.15) is 0 Å². The average molecular weight is 418 g/mol. The number of thiophene rings is 1. The fourth-order valence-corrected chi connectivity index (χ4v) is 4.81. The highest BCUT2D eigenvalue weighted by Gasteiger charge is 2.46. The number of aliphatic hydroxyl groups is 1. The molecule has 0 aliphatic carbocycles. The zero-order valence-electron chi connectivity index (χ0n) is 15.9. The van der Waals surface area contributed by atoms with Crippen LogP contribution in [0.1, 0.15) is 27.6 Å². The summed E-state index contributed by atoms with van der Waals surface area (Å²) in [4.78, 5) is 32.4. The number of likely N-dealkylation sites (tertiary alicyclic amines) is 1. The van der Waals surface area contributed by atoms with Crippen LogP contribution < -0.4 is 4.74 Å². The second-order valence-electron chi connectivity index (χ2n) is 7.22. The van der Waals surface area contributed by atoms with Gasteiger partial charge >= 0.3 is 0 Å². The van der Waals surface area contributed by atoms with E-state index in [4.69, 9.17) is 4.74 Å². The lowest BCUT2D eigenvalue weighted by atomic mass is 9.98. The quantitative estimate of drug-likeness (QED) is 0.397. The van der Waals surface area contributed by atoms with Crippen LogP contribution in [-0.4, -0.2) is 33.3 Å². The molecule has 2 aliphatic heterocycles. The lowest BCUT2D eigenvalue weighted by Crippen LogP contribution is -2.28. The minimum atomic E-state index is -0.675. The average Bonchev–Trinajstić information content (AvgIpc) is 3.50. The molecule has 0 radical (unpaired) electrons. The maximum atomic E-state index is 13.0. The Bertz CT molecular complexity index is 1160. The van der Waals surface area contributed by atoms with Gasteiger partial charge < -0.3 is 14.7 Å². The van der Waals surface area contributed by atoms with Crippen LogP contribution >= 0.6 is 11.3 Å². The van der Waals surface area contributed by atoms with Gasteiger partial charge in [-0.3, -0.25) is 14.6 Å². The van der Waals surface area contributed by atoms with E-state index < -0.39 is 17.7 Å². The SMILES string of the molecule is O=C1C(=O)N(Cc2cccnc2)C(c2cccs2)/C1=C(/O)c1ccc2c(c1)CCO2. The third-order valence-electron chi connectivity index (χ3n) is 5.39. The smallest absolute Gasteiger partial charge is 0.295 e. The molecule has 1 amide bonds. The van der Waals surface area contributed by atoms with Crippen molar-refractivity contribution in [1.29, 1.82) is 0 Å². The topological polar surface area (TPSA) is 79.7 Å². The zero-order valence-corrected chi connectivity index (χ0v) is 16.8. The van der Waals surface area contributed by atoms with E-state index in [1.807, 2.05) is 29.6 Å². The van der Waals surface area contributed by atoms with Gasteiger partial charge in [-0.15, -0.1) is 11.3 Å². The summed E-state index contributed by atoms with van der Waals surface area (Å²) in [6.07, 6.45) is 4.08. The van der Waals surface area contributed by atoms with Gasteiger partial charge in [0.2, 0.25) is 0 Å². The Morgan fingerprint density at radius 3 is 2.90 bits per heavy atom. The third kappa shape index (κ3) is 3.07. The standard InChI is InChI=1S/C23H18N2O4S/c26-21(16-5-6-17-15(11-16)7-9-29-17)19-20(18-4-2-10-30-18)25(23(28)22(19)27)13-14-3-1-8-24-12-14/h1-6,8,10-12,20,26H,7,9,13H2/b21-19-. The van der Waals surface area contributed by atoms with Crippen LogP contribution in [0.4, 0.5) is 0 Å². The first kappa shape index (κ1) is 18.6. The molecule has 1 atom stereocenters. The van der Waals surface area contributed by atoms with E-state index in [1.54, 1.807) is 30.6 Å². The molecule has 5 rings (SSSR count). The Kier molecular flexibility index (Phi) is 4.59. The van der Waals surface area contributed by atoms with Gasteiger partial charge in [0, 0.05) is 35.8 Å². The minimum absolute atomic E-state index is 0.116. The van der Waals surface area contributed by atoms with Gasteiger partial charge in [-0.25, -0.2) is 0 Å². The number of ether oxygens (including phenoxy) is 1. The second-order valence-corrected chi connectivity index (χ2v) is 8.20. The monoisotopic (exact) mass is 418 g/mol. The van der Waals surface area contributed by atoms with Crippen molar-refractivity contribution in [2.45, 2.75) is 19.0 Å². The molecule has 1 aromatic carbocycles. The Morgan fingerprint density at radius 2 is 2.13 bits per heavy atom. The minimum Gasteiger partial charge on any atom is -0.507 e. The number of fused-ring (bicyclic) bond motifs is 1. The number of pyridine rings is 1. The van der Waals surface area contributed by atoms with Crippen LogP contribution in [0.2, 0.25) is 0 Å². The Balaban J connectivity index is 1.61. The fourth-order valence-electron chi connectivity index (χ4n) is 3.96. The number of hydrogen-bond acceptors (Lipinski definition) is 6. The number of amides is 1. The van der Waals surface area contributed by atoms with Gasteiger partial charge in [0.05, 0.1) is 18.2 Å². The lowest BCUT2D eigenvalue weighted by Gasteiger charge is -2.24. The highest BCUT2D eigenvalue weighted by Crippen LogP contribution is 2.42. The first-order valence-corrected chi connectivity index (χ1v) is 10.5. The Morgan fingerprint density at radius 1 is 1.23 bits per heavy atom. The molecule has 6 nitrogen and oxygen atoms in total. The predicted molar refractivity (Wildman–Crippen MR) is 112 cm³/mol. The van der Waals surface area contributed by atoms with Crippen molar-refractivity contribution >= 4 is 28.8 Å². The summed E-state index contributed by atoms with van der Waals surface area (Å²) in [6.45, 7) is 0.833. The number of carbonyl (C=O) groups excluding carboxylic acids is 2. The summed E-state index contributed by atoms with van der Waals surface area (Å²) in [6, 6.07) is 12.1. The number of carbonyl (C=O) groups is 2. The van der Waals surface area contributed by atoms with Crippen molar-refractivity contribution in [2.24, 2.45) is 0 Å². The number of rotatable bonds is 4. The normalized spacial score (nSPS) is 19.7. The van der Waals surface area contributed by atoms with Gasteiger partial charge in [0.15, 0.2) is 0 Å². The van der Waals surface area contributed by atoms with E-state index in [0.29, 0.717) is 12.2 Å². The van der Waals surface area contributed by atoms with Crippen LogP contribution in [-0.2, 0) is 22.6 Å². The molecule has 1 unspecified atom stereocenters. The number of benzene rings is 1. The molecule has 0 spiro atoms. The summed E-state index contributed by atoms with van der Waals surface area (Å²) in [5.74, 6) is -0.664. The van der Waals surface area contributed by atoms with Gasteiger partial charge in [0.1, 0.15) is 11.5 Å². The van der Waals surface area contributed by atoms with E-state index in [1.165, 1.54) is 16.2 Å². The summed E-state index contributed by atoms with van der Waals surface area (Å²) < 4.78 is 5.53. The molecule has 1 saturated heterocycles. The fraction of sp³-hybridized carbons (Fsp3) is 0.174. The third-order valence-corrected chi connectivity index (χ3v) is 6.32. The molecule has 2 aliphatic rings. The number of ketones is 1. The number of aromatic nitrogens is 1. The van der Waals surface area contributed by atoms with Crippen LogP contribution in [0, 0.1) is 0 Å². The highest BCUT2D eigenvalue weighted by molar-refractivity contribution is 7.10. The molecular formula is C23H18N2O4S. The first-order valence-electron chi connectivity index (χ1n) is 9.60. The molecule has 1 N–H and O–H groups in total. The van der Waals surface area contributed by atoms with Crippen LogP contribution in [0.15, 0.2) is 65.8 Å². The van der Waals surface area contributed by atoms with E-state index in [-0.39, 0.29) is 17.9 Å². The zero-order chi connectivity index (χ0) is 20.7. The number of Topliss-reactive ketones (excluding diaryl/α,β-unsaturated/α-hetero) is 1. The molecule has 30 heavy (non-hydrogen) atoms. The van der Waals surface area contributed by atoms with Crippen molar-refractivity contribution in [3.8, 4) is 5.75 Å². The van der Waals surface area contributed by atoms with Crippen molar-refractivity contribution < 1.29 is 19.4 Å². The van der Waals surface area contributed by atoms with Crippen molar-refractivity contribution in [1.82, 2.24) is 9.88 Å². The van der Waals surface area contributed by atoms with Crippen molar-refractivity contribution in [3.05, 3.63) is 87.4 Å². The van der Waals surface area contributed by atoms with Crippen LogP contribution in [0.25, 0.3) is 5.76 Å². The second kappa shape index (κ2) is 7.42. The molecule has 0 bridgehead atoms. The largest absolute Gasteiger partial charge is 0.507 e. The molecule has 7 heteroatoms. The van der Waals surface area contributed by atoms with Crippen LogP contribution in [0.3, 0.4) is 0 Å². The first-order chi connectivity index (χ1) is 14.6. The van der Waals surface area contributed by atoms with Crippen molar-refractivity contribution in [3.63, 3.8) is 0 Å². The van der Waals surface area contributed by atoms with Gasteiger partial charge in [-0.05, 0) is 46.8 Å². The maximum Gasteiger partial charge on any atom is 0.295 e. The Hall–Kier alpha value is -3.45. The molecule has 1 fully saturated rings. The molecule has 2 aromatic heterocycles. The highest BCUT2D eigenvalue weighted by atomic mass is 32.1. The van der Waals surface area contributed by atoms with E-state index >= 15 is 0 Å². The summed E-state index contributed by atoms with van der Waals surface area (Å²) in [5, 5.41) is 13.0. The number of nitrogens with zero attached hydrogens (tertiary/aromatic N) is 2. The van der Waals surface area contributed by atoms with Crippen molar-refractivity contribution in [2.75, 3.05) is 6.61 Å². The summed E-state index contributed by atoms with van der Waals surface area (Å²) >= 11 is 1.45. The lowest BCUT2D eigenvalue weighted by molar-refractivity contribution is -0.140. The molecule has 150 valence electrons. The van der Waals surface area contributed by atoms with E-state index in [2.05, 4.69) is 4.98 Å². The Labute approximate surface area is 177 Å². The van der Waals surface area contributed by atoms with Gasteiger partial charge in [0.25, 0.3) is 11.7 Å². The summed E-state index contributed by atoms with van der Waals surface area (Å²) in [7, 11) is 0.